The van der Waals surface area contributed by atoms with Gasteiger partial charge < -0.3 is 14.8 Å². The molecule has 0 aliphatic heterocycles. The minimum absolute atomic E-state index is 0.146. The van der Waals surface area contributed by atoms with E-state index in [2.05, 4.69) is 30.4 Å². The van der Waals surface area contributed by atoms with E-state index in [9.17, 15) is 4.79 Å². The summed E-state index contributed by atoms with van der Waals surface area (Å²) in [4.78, 5) is 27.7. The van der Waals surface area contributed by atoms with Crippen LogP contribution >= 0.6 is 11.8 Å². The van der Waals surface area contributed by atoms with Gasteiger partial charge in [0.1, 0.15) is 22.6 Å². The molecule has 9 heteroatoms. The first-order chi connectivity index (χ1) is 10.7. The standard InChI is InChI=1S/C13H14N6O2S/c1-3-8(12(20)18-9-4-7(2)21-19-9)22-13-10-11(15-5-14-10)16-6-17-13/h4-6,8H,3H2,1-2H3,(H,18,19,20)(H,14,15,16,17)/t8-/m1/s1. The van der Waals surface area contributed by atoms with Gasteiger partial charge in [-0.15, -0.1) is 0 Å². The van der Waals surface area contributed by atoms with Crippen molar-refractivity contribution in [2.75, 3.05) is 5.32 Å². The molecule has 0 aliphatic rings. The number of nitrogens with one attached hydrogen (secondary N) is 2. The Morgan fingerprint density at radius 2 is 2.32 bits per heavy atom. The Morgan fingerprint density at radius 1 is 1.45 bits per heavy atom. The average Bonchev–Trinajstić information content (AvgIpc) is 3.13. The zero-order valence-corrected chi connectivity index (χ0v) is 12.8. The molecular formula is C13H14N6O2S. The molecule has 0 aliphatic carbocycles. The lowest BCUT2D eigenvalue weighted by Gasteiger charge is -2.12. The molecule has 0 radical (unpaired) electrons. The predicted octanol–water partition coefficient (Wildman–Crippen LogP) is 2.16. The Hall–Kier alpha value is -2.42. The fraction of sp³-hybridized carbons (Fsp3) is 0.308. The van der Waals surface area contributed by atoms with Crippen molar-refractivity contribution in [1.82, 2.24) is 25.1 Å². The van der Waals surface area contributed by atoms with E-state index in [1.54, 1.807) is 19.3 Å². The number of carbonyl (C=O) groups is 1. The smallest absolute Gasteiger partial charge is 0.239 e. The largest absolute Gasteiger partial charge is 0.360 e. The third-order valence-electron chi connectivity index (χ3n) is 2.98. The molecule has 0 spiro atoms. The van der Waals surface area contributed by atoms with Crippen LogP contribution in [0.25, 0.3) is 11.2 Å². The maximum atomic E-state index is 12.3. The number of thioether (sulfide) groups is 1. The Balaban J connectivity index is 1.76. The number of hydrogen-bond donors (Lipinski definition) is 2. The Kier molecular flexibility index (Phi) is 4.05. The number of aromatic amines is 1. The summed E-state index contributed by atoms with van der Waals surface area (Å²) in [6, 6.07) is 1.67. The molecule has 3 aromatic heterocycles. The van der Waals surface area contributed by atoms with Crippen molar-refractivity contribution in [3.8, 4) is 0 Å². The van der Waals surface area contributed by atoms with E-state index in [4.69, 9.17) is 4.52 Å². The molecule has 0 unspecified atom stereocenters. The monoisotopic (exact) mass is 318 g/mol. The first-order valence-electron chi connectivity index (χ1n) is 6.72. The van der Waals surface area contributed by atoms with Crippen LogP contribution in [-0.2, 0) is 4.79 Å². The maximum absolute atomic E-state index is 12.3. The zero-order valence-electron chi connectivity index (χ0n) is 12.0. The topological polar surface area (TPSA) is 110 Å². The summed E-state index contributed by atoms with van der Waals surface area (Å²) in [6.45, 7) is 3.71. The van der Waals surface area contributed by atoms with Gasteiger partial charge in [0, 0.05) is 6.07 Å². The minimum atomic E-state index is -0.307. The summed E-state index contributed by atoms with van der Waals surface area (Å²) in [5.74, 6) is 0.911. The van der Waals surface area contributed by atoms with Gasteiger partial charge >= 0.3 is 0 Å². The number of aryl methyl sites for hydroxylation is 1. The van der Waals surface area contributed by atoms with Crippen LogP contribution in [0.5, 0.6) is 0 Å². The van der Waals surface area contributed by atoms with Gasteiger partial charge in [0.2, 0.25) is 5.91 Å². The highest BCUT2D eigenvalue weighted by Crippen LogP contribution is 2.28. The van der Waals surface area contributed by atoms with Crippen LogP contribution in [0.15, 0.2) is 28.3 Å². The van der Waals surface area contributed by atoms with E-state index in [-0.39, 0.29) is 11.2 Å². The lowest BCUT2D eigenvalue weighted by molar-refractivity contribution is -0.115. The van der Waals surface area contributed by atoms with Crippen molar-refractivity contribution >= 4 is 34.7 Å². The van der Waals surface area contributed by atoms with Gasteiger partial charge in [-0.3, -0.25) is 4.79 Å². The normalized spacial score (nSPS) is 12.5. The van der Waals surface area contributed by atoms with Crippen molar-refractivity contribution < 1.29 is 9.32 Å². The molecule has 1 amide bonds. The van der Waals surface area contributed by atoms with Gasteiger partial charge in [0.25, 0.3) is 0 Å². The van der Waals surface area contributed by atoms with Gasteiger partial charge in [-0.25, -0.2) is 15.0 Å². The van der Waals surface area contributed by atoms with Crippen LogP contribution < -0.4 is 5.32 Å². The number of H-pyrrole nitrogens is 1. The van der Waals surface area contributed by atoms with Crippen LogP contribution in [0.1, 0.15) is 19.1 Å². The zero-order chi connectivity index (χ0) is 15.5. The molecule has 8 nitrogen and oxygen atoms in total. The highest BCUT2D eigenvalue weighted by Gasteiger charge is 2.21. The number of imidazole rings is 1. The van der Waals surface area contributed by atoms with Crippen LogP contribution in [0.3, 0.4) is 0 Å². The van der Waals surface area contributed by atoms with Crippen molar-refractivity contribution in [2.24, 2.45) is 0 Å². The van der Waals surface area contributed by atoms with E-state index in [0.29, 0.717) is 28.7 Å². The van der Waals surface area contributed by atoms with E-state index in [1.807, 2.05) is 6.92 Å². The number of carbonyl (C=O) groups excluding carboxylic acids is 1. The maximum Gasteiger partial charge on any atom is 0.239 e. The second-order valence-corrected chi connectivity index (χ2v) is 5.80. The van der Waals surface area contributed by atoms with Crippen molar-refractivity contribution in [1.29, 1.82) is 0 Å². The molecule has 0 fully saturated rings. The number of nitrogens with zero attached hydrogens (tertiary/aromatic N) is 4. The summed E-state index contributed by atoms with van der Waals surface area (Å²) < 4.78 is 4.94. The van der Waals surface area contributed by atoms with E-state index < -0.39 is 0 Å². The summed E-state index contributed by atoms with van der Waals surface area (Å²) in [7, 11) is 0. The number of hydrogen-bond acceptors (Lipinski definition) is 7. The summed E-state index contributed by atoms with van der Waals surface area (Å²) in [6.07, 6.45) is 3.65. The lowest BCUT2D eigenvalue weighted by atomic mass is 10.3. The van der Waals surface area contributed by atoms with Gasteiger partial charge in [-0.05, 0) is 13.3 Å². The molecule has 114 valence electrons. The average molecular weight is 318 g/mol. The third-order valence-corrected chi connectivity index (χ3v) is 4.35. The molecule has 0 bridgehead atoms. The SMILES string of the molecule is CC[C@@H](Sc1ncnc2nc[nH]c12)C(=O)Nc1cc(C)on1. The summed E-state index contributed by atoms with van der Waals surface area (Å²) in [5.41, 5.74) is 1.32. The van der Waals surface area contributed by atoms with Crippen molar-refractivity contribution in [2.45, 2.75) is 30.5 Å². The number of anilines is 1. The second-order valence-electron chi connectivity index (χ2n) is 4.61. The second kappa shape index (κ2) is 6.14. The van der Waals surface area contributed by atoms with Crippen LogP contribution in [0, 0.1) is 6.92 Å². The first kappa shape index (κ1) is 14.5. The van der Waals surface area contributed by atoms with Crippen molar-refractivity contribution in [3.05, 3.63) is 24.5 Å². The quantitative estimate of drug-likeness (QED) is 0.548. The summed E-state index contributed by atoms with van der Waals surface area (Å²) in [5, 5.41) is 6.89. The molecule has 0 saturated carbocycles. The van der Waals surface area contributed by atoms with Gasteiger partial charge in [0.05, 0.1) is 11.6 Å². The van der Waals surface area contributed by atoms with Gasteiger partial charge in [-0.1, -0.05) is 23.8 Å². The first-order valence-corrected chi connectivity index (χ1v) is 7.60. The van der Waals surface area contributed by atoms with E-state index in [0.717, 1.165) is 5.52 Å². The molecular weight excluding hydrogens is 304 g/mol. The number of aromatic nitrogens is 5. The molecule has 3 rings (SSSR count). The Morgan fingerprint density at radius 3 is 3.05 bits per heavy atom. The molecule has 3 aromatic rings. The van der Waals surface area contributed by atoms with Gasteiger partial charge in [0.15, 0.2) is 11.5 Å². The molecule has 0 saturated heterocycles. The minimum Gasteiger partial charge on any atom is -0.360 e. The fourth-order valence-corrected chi connectivity index (χ4v) is 2.90. The number of fused-ring (bicyclic) bond motifs is 1. The lowest BCUT2D eigenvalue weighted by Crippen LogP contribution is -2.24. The highest BCUT2D eigenvalue weighted by atomic mass is 32.2. The Bertz CT molecular complexity index is 799. The van der Waals surface area contributed by atoms with E-state index >= 15 is 0 Å². The van der Waals surface area contributed by atoms with Crippen LogP contribution in [0.4, 0.5) is 5.82 Å². The molecule has 2 N–H and O–H groups in total. The molecule has 0 aromatic carbocycles. The van der Waals surface area contributed by atoms with Crippen molar-refractivity contribution in [3.63, 3.8) is 0 Å². The molecule has 22 heavy (non-hydrogen) atoms. The van der Waals surface area contributed by atoms with Crippen LogP contribution in [0.2, 0.25) is 0 Å². The van der Waals surface area contributed by atoms with Crippen LogP contribution in [-0.4, -0.2) is 36.2 Å². The molecule has 3 heterocycles. The Labute approximate surface area is 130 Å². The van der Waals surface area contributed by atoms with E-state index in [1.165, 1.54) is 18.1 Å². The van der Waals surface area contributed by atoms with Gasteiger partial charge in [-0.2, -0.15) is 0 Å². The predicted molar refractivity (Wildman–Crippen MR) is 81.5 cm³/mol. The fourth-order valence-electron chi connectivity index (χ4n) is 1.92. The summed E-state index contributed by atoms with van der Waals surface area (Å²) >= 11 is 1.36. The highest BCUT2D eigenvalue weighted by molar-refractivity contribution is 8.00. The molecule has 1 atom stereocenters. The number of rotatable bonds is 5. The third kappa shape index (κ3) is 2.93. The number of amides is 1.